The Labute approximate surface area is 131 Å². The van der Waals surface area contributed by atoms with Crippen LogP contribution in [-0.4, -0.2) is 33.8 Å². The molecule has 3 rings (SSSR count). The predicted molar refractivity (Wildman–Crippen MR) is 80.4 cm³/mol. The molecule has 0 spiro atoms. The van der Waals surface area contributed by atoms with Gasteiger partial charge in [-0.1, -0.05) is 54.6 Å². The van der Waals surface area contributed by atoms with Gasteiger partial charge >= 0.3 is 0 Å². The largest absolute Gasteiger partial charge is 0.374 e. The summed E-state index contributed by atoms with van der Waals surface area (Å²) >= 11 is 0. The minimum Gasteiger partial charge on any atom is -0.374 e. The molecule has 0 radical (unpaired) electrons. The summed E-state index contributed by atoms with van der Waals surface area (Å²) in [6, 6.07) is 13.7. The zero-order chi connectivity index (χ0) is 16.6. The van der Waals surface area contributed by atoms with Crippen LogP contribution in [0.15, 0.2) is 54.6 Å². The molecule has 0 amide bonds. The van der Waals surface area contributed by atoms with Gasteiger partial charge in [-0.3, -0.25) is 19.2 Å². The van der Waals surface area contributed by atoms with Gasteiger partial charge in [0.15, 0.2) is 5.60 Å². The van der Waals surface area contributed by atoms with Crippen LogP contribution >= 0.6 is 0 Å². The molecule has 1 aliphatic carbocycles. The van der Waals surface area contributed by atoms with Crippen LogP contribution in [-0.2, 0) is 4.79 Å². The first kappa shape index (κ1) is 15.0. The molecule has 23 heavy (non-hydrogen) atoms. The lowest BCUT2D eigenvalue weighted by atomic mass is 9.89. The van der Waals surface area contributed by atoms with Crippen LogP contribution in [0.3, 0.4) is 0 Å². The lowest BCUT2D eigenvalue weighted by Crippen LogP contribution is -2.44. The number of benzene rings is 2. The maximum Gasteiger partial charge on any atom is 0.228 e. The molecule has 0 aromatic heterocycles. The average molecular weight is 308 g/mol. The first-order valence-corrected chi connectivity index (χ1v) is 6.99. The van der Waals surface area contributed by atoms with Crippen LogP contribution < -0.4 is 0 Å². The molecule has 0 saturated heterocycles. The number of aliphatic hydroxyl groups is 1. The molecular formula is C18H12O5. The number of rotatable bonds is 4. The van der Waals surface area contributed by atoms with Crippen LogP contribution in [0, 0.1) is 0 Å². The summed E-state index contributed by atoms with van der Waals surface area (Å²) in [5, 5.41) is 10.4. The highest BCUT2D eigenvalue weighted by Gasteiger charge is 2.53. The number of hydrogen-bond donors (Lipinski definition) is 1. The maximum absolute atomic E-state index is 12.3. The summed E-state index contributed by atoms with van der Waals surface area (Å²) in [4.78, 5) is 48.8. The summed E-state index contributed by atoms with van der Waals surface area (Å²) in [5.74, 6) is -3.50. The van der Waals surface area contributed by atoms with E-state index < -0.39 is 35.2 Å². The van der Waals surface area contributed by atoms with Crippen LogP contribution in [0.5, 0.6) is 0 Å². The van der Waals surface area contributed by atoms with Crippen molar-refractivity contribution in [2.45, 2.75) is 12.0 Å². The summed E-state index contributed by atoms with van der Waals surface area (Å²) in [6.07, 6.45) is -0.854. The fourth-order valence-electron chi connectivity index (χ4n) is 2.65. The van der Waals surface area contributed by atoms with Gasteiger partial charge in [0.2, 0.25) is 23.1 Å². The Morgan fingerprint density at radius 3 is 1.83 bits per heavy atom. The van der Waals surface area contributed by atoms with Gasteiger partial charge in [0, 0.05) is 16.7 Å². The highest BCUT2D eigenvalue weighted by molar-refractivity contribution is 6.46. The van der Waals surface area contributed by atoms with Crippen molar-refractivity contribution in [1.29, 1.82) is 0 Å². The van der Waals surface area contributed by atoms with E-state index in [1.54, 1.807) is 30.3 Å². The normalized spacial score (nSPS) is 15.3. The fourth-order valence-corrected chi connectivity index (χ4v) is 2.65. The second kappa shape index (κ2) is 5.37. The number of carbonyl (C=O) groups is 4. The van der Waals surface area contributed by atoms with Crippen molar-refractivity contribution in [3.05, 3.63) is 71.3 Å². The van der Waals surface area contributed by atoms with E-state index in [1.165, 1.54) is 24.3 Å². The maximum atomic E-state index is 12.3. The number of hydrogen-bond acceptors (Lipinski definition) is 5. The Bertz CT molecular complexity index is 801. The Morgan fingerprint density at radius 2 is 1.30 bits per heavy atom. The van der Waals surface area contributed by atoms with Gasteiger partial charge in [-0.15, -0.1) is 0 Å². The molecule has 0 atom stereocenters. The summed E-state index contributed by atoms with van der Waals surface area (Å²) < 4.78 is 0. The molecule has 1 aliphatic rings. The molecule has 0 saturated carbocycles. The Morgan fingerprint density at radius 1 is 0.826 bits per heavy atom. The SMILES string of the molecule is O=C(CC1(O)C(=O)c2ccccc2C1=O)C(=O)c1ccccc1. The molecule has 1 N–H and O–H groups in total. The highest BCUT2D eigenvalue weighted by atomic mass is 16.3. The van der Waals surface area contributed by atoms with Crippen molar-refractivity contribution in [3.8, 4) is 0 Å². The Kier molecular flexibility index (Phi) is 3.50. The van der Waals surface area contributed by atoms with Gasteiger partial charge in [0.05, 0.1) is 6.42 Å². The number of ketones is 4. The molecule has 0 aliphatic heterocycles. The highest BCUT2D eigenvalue weighted by Crippen LogP contribution is 2.32. The first-order chi connectivity index (χ1) is 10.9. The Balaban J connectivity index is 1.89. The third-order valence-electron chi connectivity index (χ3n) is 3.87. The van der Waals surface area contributed by atoms with Crippen molar-refractivity contribution in [2.24, 2.45) is 0 Å². The minimum absolute atomic E-state index is 0.0694. The first-order valence-electron chi connectivity index (χ1n) is 6.99. The summed E-state index contributed by atoms with van der Waals surface area (Å²) in [6.45, 7) is 0. The van der Waals surface area contributed by atoms with Crippen molar-refractivity contribution >= 4 is 23.1 Å². The molecule has 2 aromatic rings. The Hall–Kier alpha value is -2.92. The van der Waals surface area contributed by atoms with E-state index >= 15 is 0 Å². The van der Waals surface area contributed by atoms with Crippen LogP contribution in [0.1, 0.15) is 37.5 Å². The summed E-state index contributed by atoms with van der Waals surface area (Å²) in [7, 11) is 0. The van der Waals surface area contributed by atoms with E-state index in [9.17, 15) is 24.3 Å². The lowest BCUT2D eigenvalue weighted by molar-refractivity contribution is -0.117. The van der Waals surface area contributed by atoms with E-state index in [1.807, 2.05) is 0 Å². The van der Waals surface area contributed by atoms with E-state index in [4.69, 9.17) is 0 Å². The number of Topliss-reactive ketones (excluding diaryl/α,β-unsaturated/α-hetero) is 4. The zero-order valence-electron chi connectivity index (χ0n) is 12.0. The molecule has 5 nitrogen and oxygen atoms in total. The monoisotopic (exact) mass is 308 g/mol. The van der Waals surface area contributed by atoms with Crippen LogP contribution in [0.4, 0.5) is 0 Å². The second-order valence-corrected chi connectivity index (χ2v) is 5.36. The average Bonchev–Trinajstić information content (AvgIpc) is 2.77. The van der Waals surface area contributed by atoms with Gasteiger partial charge in [-0.25, -0.2) is 0 Å². The number of fused-ring (bicyclic) bond motifs is 1. The van der Waals surface area contributed by atoms with Crippen molar-refractivity contribution in [3.63, 3.8) is 0 Å². The smallest absolute Gasteiger partial charge is 0.228 e. The minimum atomic E-state index is -2.49. The van der Waals surface area contributed by atoms with Crippen molar-refractivity contribution < 1.29 is 24.3 Å². The number of carbonyl (C=O) groups excluding carboxylic acids is 4. The molecule has 2 aromatic carbocycles. The van der Waals surface area contributed by atoms with Gasteiger partial charge in [-0.2, -0.15) is 0 Å². The fraction of sp³-hybridized carbons (Fsp3) is 0.111. The van der Waals surface area contributed by atoms with Crippen molar-refractivity contribution in [1.82, 2.24) is 0 Å². The molecule has 0 heterocycles. The molecule has 5 heteroatoms. The van der Waals surface area contributed by atoms with Gasteiger partial charge in [-0.05, 0) is 0 Å². The van der Waals surface area contributed by atoms with Gasteiger partial charge < -0.3 is 5.11 Å². The van der Waals surface area contributed by atoms with E-state index in [0.29, 0.717) is 0 Å². The van der Waals surface area contributed by atoms with Gasteiger partial charge in [0.25, 0.3) is 0 Å². The lowest BCUT2D eigenvalue weighted by Gasteiger charge is -2.17. The second-order valence-electron chi connectivity index (χ2n) is 5.36. The quantitative estimate of drug-likeness (QED) is 0.527. The third-order valence-corrected chi connectivity index (χ3v) is 3.87. The zero-order valence-corrected chi connectivity index (χ0v) is 12.0. The molecule has 114 valence electrons. The topological polar surface area (TPSA) is 88.5 Å². The van der Waals surface area contributed by atoms with E-state index in [-0.39, 0.29) is 16.7 Å². The molecule has 0 bridgehead atoms. The van der Waals surface area contributed by atoms with Gasteiger partial charge in [0.1, 0.15) is 0 Å². The molecular weight excluding hydrogens is 296 g/mol. The summed E-state index contributed by atoms with van der Waals surface area (Å²) in [5.41, 5.74) is -2.21. The molecule has 0 unspecified atom stereocenters. The van der Waals surface area contributed by atoms with Crippen LogP contribution in [0.25, 0.3) is 0 Å². The standard InChI is InChI=1S/C18H12O5/c19-14(15(20)11-6-2-1-3-7-11)10-18(23)16(21)12-8-4-5-9-13(12)17(18)22/h1-9,23H,10H2. The van der Waals surface area contributed by atoms with E-state index in [0.717, 1.165) is 0 Å². The van der Waals surface area contributed by atoms with Crippen molar-refractivity contribution in [2.75, 3.05) is 0 Å². The van der Waals surface area contributed by atoms with Crippen LogP contribution in [0.2, 0.25) is 0 Å². The third kappa shape index (κ3) is 2.31. The molecule has 0 fully saturated rings. The predicted octanol–water partition coefficient (Wildman–Crippen LogP) is 1.64. The van der Waals surface area contributed by atoms with E-state index in [2.05, 4.69) is 0 Å².